The summed E-state index contributed by atoms with van der Waals surface area (Å²) in [4.78, 5) is 56.3. The number of ether oxygens (including phenoxy) is 2. The number of ketones is 1. The minimum atomic E-state index is -0.789. The van der Waals surface area contributed by atoms with Gasteiger partial charge < -0.3 is 9.47 Å². The second-order valence-corrected chi connectivity index (χ2v) is 8.56. The third-order valence-corrected chi connectivity index (χ3v) is 7.05. The molecule has 33 heavy (non-hydrogen) atoms. The molecule has 2 aromatic carbocycles. The normalized spacial score (nSPS) is 26.3. The topological polar surface area (TPSA) is 93.2 Å². The lowest BCUT2D eigenvalue weighted by atomic mass is 9.85. The standard InChI is InChI=1S/C25H24N2O6/c1-32-15-11-9-14(10-12-15)22(28)21-20-19(18-8-5-13-26(18)21)23(29)27(24(20)30)17-7-4-3-6-16(17)25(31)33-2/h3-4,6-7,9-12,18-21H,5,8,13H2,1-2H3/t18-,19-,20-,21+/m1/s1. The van der Waals surface area contributed by atoms with E-state index in [4.69, 9.17) is 9.47 Å². The molecule has 5 rings (SSSR count). The van der Waals surface area contributed by atoms with Crippen LogP contribution in [0.5, 0.6) is 5.75 Å². The zero-order chi connectivity index (χ0) is 23.3. The van der Waals surface area contributed by atoms with E-state index in [1.165, 1.54) is 13.2 Å². The van der Waals surface area contributed by atoms with E-state index in [-0.39, 0.29) is 29.0 Å². The van der Waals surface area contributed by atoms with Crippen LogP contribution in [0.3, 0.4) is 0 Å². The van der Waals surface area contributed by atoms with E-state index in [1.54, 1.807) is 49.6 Å². The number of anilines is 1. The van der Waals surface area contributed by atoms with Crippen LogP contribution in [-0.4, -0.2) is 61.3 Å². The van der Waals surface area contributed by atoms with Crippen molar-refractivity contribution in [2.45, 2.75) is 24.9 Å². The molecule has 2 aromatic rings. The van der Waals surface area contributed by atoms with Gasteiger partial charge in [-0.3, -0.25) is 19.3 Å². The summed E-state index contributed by atoms with van der Waals surface area (Å²) in [6, 6.07) is 12.3. The summed E-state index contributed by atoms with van der Waals surface area (Å²) in [5.41, 5.74) is 0.817. The summed E-state index contributed by atoms with van der Waals surface area (Å²) in [7, 11) is 2.80. The van der Waals surface area contributed by atoms with Gasteiger partial charge in [0, 0.05) is 11.6 Å². The molecule has 0 N–H and O–H groups in total. The molecule has 0 aliphatic carbocycles. The van der Waals surface area contributed by atoms with Gasteiger partial charge >= 0.3 is 5.97 Å². The Labute approximate surface area is 191 Å². The Morgan fingerprint density at radius 2 is 1.64 bits per heavy atom. The molecule has 170 valence electrons. The van der Waals surface area contributed by atoms with Gasteiger partial charge in [-0.15, -0.1) is 0 Å². The Balaban J connectivity index is 1.55. The highest BCUT2D eigenvalue weighted by Gasteiger charge is 2.65. The molecule has 0 bridgehead atoms. The van der Waals surface area contributed by atoms with Crippen molar-refractivity contribution in [3.8, 4) is 5.75 Å². The number of nitrogens with zero attached hydrogens (tertiary/aromatic N) is 2. The van der Waals surface area contributed by atoms with Crippen LogP contribution in [0.15, 0.2) is 48.5 Å². The molecule has 3 aliphatic heterocycles. The summed E-state index contributed by atoms with van der Waals surface area (Å²) >= 11 is 0. The summed E-state index contributed by atoms with van der Waals surface area (Å²) in [5, 5.41) is 0. The van der Waals surface area contributed by atoms with E-state index in [1.807, 2.05) is 4.90 Å². The molecule has 0 aromatic heterocycles. The number of para-hydroxylation sites is 1. The summed E-state index contributed by atoms with van der Waals surface area (Å²) in [6.45, 7) is 0.670. The number of carbonyl (C=O) groups excluding carboxylic acids is 4. The zero-order valence-corrected chi connectivity index (χ0v) is 18.4. The molecule has 0 unspecified atom stereocenters. The lowest BCUT2D eigenvalue weighted by Gasteiger charge is -2.28. The van der Waals surface area contributed by atoms with Gasteiger partial charge in [-0.25, -0.2) is 9.69 Å². The summed E-state index contributed by atoms with van der Waals surface area (Å²) < 4.78 is 10.0. The van der Waals surface area contributed by atoms with Gasteiger partial charge in [-0.2, -0.15) is 0 Å². The Morgan fingerprint density at radius 1 is 0.939 bits per heavy atom. The van der Waals surface area contributed by atoms with Crippen LogP contribution in [0.25, 0.3) is 0 Å². The number of amides is 2. The zero-order valence-electron chi connectivity index (χ0n) is 18.4. The van der Waals surface area contributed by atoms with E-state index < -0.39 is 29.8 Å². The smallest absolute Gasteiger partial charge is 0.339 e. The van der Waals surface area contributed by atoms with Gasteiger partial charge in [0.1, 0.15) is 5.75 Å². The van der Waals surface area contributed by atoms with Gasteiger partial charge in [-0.05, 0) is 55.8 Å². The predicted octanol–water partition coefficient (Wildman–Crippen LogP) is 2.32. The number of hydrogen-bond acceptors (Lipinski definition) is 7. The average molecular weight is 448 g/mol. The highest BCUT2D eigenvalue weighted by molar-refractivity contribution is 6.26. The largest absolute Gasteiger partial charge is 0.497 e. The van der Waals surface area contributed by atoms with E-state index in [0.29, 0.717) is 17.9 Å². The highest BCUT2D eigenvalue weighted by atomic mass is 16.5. The monoisotopic (exact) mass is 448 g/mol. The van der Waals surface area contributed by atoms with Crippen molar-refractivity contribution in [3.63, 3.8) is 0 Å². The molecule has 3 heterocycles. The van der Waals surface area contributed by atoms with Gasteiger partial charge in [0.25, 0.3) is 0 Å². The molecule has 8 nitrogen and oxygen atoms in total. The van der Waals surface area contributed by atoms with Gasteiger partial charge in [0.15, 0.2) is 5.78 Å². The van der Waals surface area contributed by atoms with Crippen molar-refractivity contribution in [2.75, 3.05) is 25.7 Å². The van der Waals surface area contributed by atoms with Crippen molar-refractivity contribution in [2.24, 2.45) is 11.8 Å². The summed E-state index contributed by atoms with van der Waals surface area (Å²) in [5.74, 6) is -2.38. The van der Waals surface area contributed by atoms with Crippen molar-refractivity contribution >= 4 is 29.3 Å². The molecule has 8 heteroatoms. The van der Waals surface area contributed by atoms with Crippen molar-refractivity contribution in [1.82, 2.24) is 4.90 Å². The number of benzene rings is 2. The molecule has 3 fully saturated rings. The fourth-order valence-corrected chi connectivity index (χ4v) is 5.63. The first kappa shape index (κ1) is 21.3. The molecular formula is C25H24N2O6. The number of methoxy groups -OCH3 is 2. The van der Waals surface area contributed by atoms with Crippen molar-refractivity contribution in [3.05, 3.63) is 59.7 Å². The second-order valence-electron chi connectivity index (χ2n) is 8.56. The number of hydrogen-bond donors (Lipinski definition) is 0. The molecular weight excluding hydrogens is 424 g/mol. The first-order chi connectivity index (χ1) is 16.0. The van der Waals surface area contributed by atoms with Crippen LogP contribution in [0.2, 0.25) is 0 Å². The lowest BCUT2D eigenvalue weighted by molar-refractivity contribution is -0.123. The van der Waals surface area contributed by atoms with E-state index in [0.717, 1.165) is 17.7 Å². The van der Waals surface area contributed by atoms with Crippen molar-refractivity contribution in [1.29, 1.82) is 0 Å². The van der Waals surface area contributed by atoms with E-state index >= 15 is 0 Å². The van der Waals surface area contributed by atoms with E-state index in [2.05, 4.69) is 0 Å². The number of imide groups is 1. The SMILES string of the molecule is COC(=O)c1ccccc1N1C(=O)[C@@H]2[C@H](C1=O)[C@H]1CCCN1[C@@H]2C(=O)c1ccc(OC)cc1. The number of esters is 1. The van der Waals surface area contributed by atoms with Crippen LogP contribution in [0.1, 0.15) is 33.6 Å². The van der Waals surface area contributed by atoms with Gasteiger partial charge in [0.05, 0.1) is 43.3 Å². The Morgan fingerprint density at radius 3 is 2.33 bits per heavy atom. The Hall–Kier alpha value is -3.52. The third kappa shape index (κ3) is 3.16. The number of carbonyl (C=O) groups is 4. The quantitative estimate of drug-likeness (QED) is 0.394. The number of rotatable bonds is 5. The minimum Gasteiger partial charge on any atom is -0.497 e. The second kappa shape index (κ2) is 8.12. The highest BCUT2D eigenvalue weighted by Crippen LogP contribution is 2.49. The van der Waals surface area contributed by atoms with Gasteiger partial charge in [0.2, 0.25) is 11.8 Å². The molecule has 0 radical (unpaired) electrons. The van der Waals surface area contributed by atoms with Crippen LogP contribution in [0.4, 0.5) is 5.69 Å². The third-order valence-electron chi connectivity index (χ3n) is 7.05. The number of Topliss-reactive ketones (excluding diaryl/α,β-unsaturated/α-hetero) is 1. The molecule has 2 amide bonds. The molecule has 4 atom stereocenters. The predicted molar refractivity (Wildman–Crippen MR) is 118 cm³/mol. The van der Waals surface area contributed by atoms with Crippen LogP contribution >= 0.6 is 0 Å². The van der Waals surface area contributed by atoms with Crippen LogP contribution in [0, 0.1) is 11.8 Å². The lowest BCUT2D eigenvalue weighted by Crippen LogP contribution is -2.46. The Bertz CT molecular complexity index is 1140. The maximum atomic E-state index is 13.7. The Kier molecular flexibility index (Phi) is 5.25. The average Bonchev–Trinajstić information content (AvgIpc) is 3.50. The van der Waals surface area contributed by atoms with Gasteiger partial charge in [-0.1, -0.05) is 12.1 Å². The minimum absolute atomic E-state index is 0.142. The first-order valence-corrected chi connectivity index (χ1v) is 11.0. The van der Waals surface area contributed by atoms with Crippen LogP contribution < -0.4 is 9.64 Å². The molecule has 0 saturated carbocycles. The maximum Gasteiger partial charge on any atom is 0.339 e. The first-order valence-electron chi connectivity index (χ1n) is 11.0. The number of fused-ring (bicyclic) bond motifs is 3. The molecule has 3 saturated heterocycles. The van der Waals surface area contributed by atoms with Crippen LogP contribution in [-0.2, 0) is 14.3 Å². The molecule has 0 spiro atoms. The fourth-order valence-electron chi connectivity index (χ4n) is 5.63. The maximum absolute atomic E-state index is 13.7. The molecule has 3 aliphatic rings. The van der Waals surface area contributed by atoms with E-state index in [9.17, 15) is 19.2 Å². The summed E-state index contributed by atoms with van der Waals surface area (Å²) in [6.07, 6.45) is 1.61. The fraction of sp³-hybridized carbons (Fsp3) is 0.360. The van der Waals surface area contributed by atoms with Crippen molar-refractivity contribution < 1.29 is 28.7 Å².